The van der Waals surface area contributed by atoms with Crippen LogP contribution in [-0.4, -0.2) is 18.2 Å². The lowest BCUT2D eigenvalue weighted by Gasteiger charge is -2.16. The number of hydrogen-bond donors (Lipinski definition) is 1. The van der Waals surface area contributed by atoms with Crippen LogP contribution in [0.5, 0.6) is 5.75 Å². The van der Waals surface area contributed by atoms with Crippen LogP contribution in [0.25, 0.3) is 0 Å². The molecule has 3 nitrogen and oxygen atoms in total. The Balaban J connectivity index is 2.77. The SMILES string of the molecule is CCCC[C@@H](CC(=O)OC)c1cccc(O)c1. The summed E-state index contributed by atoms with van der Waals surface area (Å²) >= 11 is 0. The summed E-state index contributed by atoms with van der Waals surface area (Å²) in [6.07, 6.45) is 3.48. The molecular formula is C14H20O3. The van der Waals surface area contributed by atoms with Crippen LogP contribution in [-0.2, 0) is 9.53 Å². The molecule has 0 fully saturated rings. The number of hydrogen-bond acceptors (Lipinski definition) is 3. The van der Waals surface area contributed by atoms with Crippen LogP contribution >= 0.6 is 0 Å². The molecule has 0 radical (unpaired) electrons. The van der Waals surface area contributed by atoms with Crippen molar-refractivity contribution in [3.8, 4) is 5.75 Å². The summed E-state index contributed by atoms with van der Waals surface area (Å²) in [5, 5.41) is 9.46. The zero-order valence-corrected chi connectivity index (χ0v) is 10.5. The van der Waals surface area contributed by atoms with Crippen molar-refractivity contribution < 1.29 is 14.6 Å². The molecule has 0 aromatic heterocycles. The first-order chi connectivity index (χ1) is 8.17. The van der Waals surface area contributed by atoms with Crippen molar-refractivity contribution >= 4 is 5.97 Å². The van der Waals surface area contributed by atoms with Crippen LogP contribution in [0, 0.1) is 0 Å². The molecule has 1 aromatic carbocycles. The second kappa shape index (κ2) is 6.94. The topological polar surface area (TPSA) is 46.5 Å². The Morgan fingerprint density at radius 1 is 1.47 bits per heavy atom. The smallest absolute Gasteiger partial charge is 0.306 e. The maximum absolute atomic E-state index is 11.4. The quantitative estimate of drug-likeness (QED) is 0.771. The number of carbonyl (C=O) groups is 1. The van der Waals surface area contributed by atoms with E-state index in [1.165, 1.54) is 7.11 Å². The van der Waals surface area contributed by atoms with Gasteiger partial charge in [0.25, 0.3) is 0 Å². The second-order valence-corrected chi connectivity index (χ2v) is 4.21. The molecule has 0 aliphatic rings. The standard InChI is InChI=1S/C14H20O3/c1-3-4-6-12(10-14(16)17-2)11-7-5-8-13(15)9-11/h5,7-9,12,15H,3-4,6,10H2,1-2H3/t12-/m0/s1. The number of unbranched alkanes of at least 4 members (excludes halogenated alkanes) is 1. The summed E-state index contributed by atoms with van der Waals surface area (Å²) in [7, 11) is 1.40. The first-order valence-corrected chi connectivity index (χ1v) is 6.03. The highest BCUT2D eigenvalue weighted by molar-refractivity contribution is 5.70. The Morgan fingerprint density at radius 3 is 2.82 bits per heavy atom. The van der Waals surface area contributed by atoms with Gasteiger partial charge in [0.05, 0.1) is 13.5 Å². The van der Waals surface area contributed by atoms with Gasteiger partial charge in [0.1, 0.15) is 5.75 Å². The van der Waals surface area contributed by atoms with Crippen molar-refractivity contribution in [3.63, 3.8) is 0 Å². The number of benzene rings is 1. The van der Waals surface area contributed by atoms with Crippen molar-refractivity contribution in [2.75, 3.05) is 7.11 Å². The average Bonchev–Trinajstić information content (AvgIpc) is 2.34. The van der Waals surface area contributed by atoms with Gasteiger partial charge in [-0.3, -0.25) is 4.79 Å². The molecule has 94 valence electrons. The van der Waals surface area contributed by atoms with Crippen molar-refractivity contribution in [2.24, 2.45) is 0 Å². The highest BCUT2D eigenvalue weighted by atomic mass is 16.5. The Kier molecular flexibility index (Phi) is 5.53. The molecule has 0 unspecified atom stereocenters. The molecule has 1 aromatic rings. The fourth-order valence-electron chi connectivity index (χ4n) is 1.90. The molecule has 1 rings (SSSR count). The lowest BCUT2D eigenvalue weighted by molar-refractivity contribution is -0.141. The van der Waals surface area contributed by atoms with Gasteiger partial charge in [0, 0.05) is 0 Å². The van der Waals surface area contributed by atoms with Gasteiger partial charge in [0.15, 0.2) is 0 Å². The summed E-state index contributed by atoms with van der Waals surface area (Å²) in [6.45, 7) is 2.12. The predicted octanol–water partition coefficient (Wildman–Crippen LogP) is 3.23. The number of ether oxygens (including phenoxy) is 1. The van der Waals surface area contributed by atoms with Crippen LogP contribution in [0.4, 0.5) is 0 Å². The van der Waals surface area contributed by atoms with Gasteiger partial charge in [-0.05, 0) is 30.0 Å². The van der Waals surface area contributed by atoms with Crippen LogP contribution in [0.3, 0.4) is 0 Å². The summed E-state index contributed by atoms with van der Waals surface area (Å²) in [5.74, 6) is 0.179. The van der Waals surface area contributed by atoms with Gasteiger partial charge in [0.2, 0.25) is 0 Å². The second-order valence-electron chi connectivity index (χ2n) is 4.21. The van der Waals surface area contributed by atoms with Gasteiger partial charge in [-0.1, -0.05) is 31.9 Å². The lowest BCUT2D eigenvalue weighted by atomic mass is 9.90. The molecule has 0 heterocycles. The molecule has 0 spiro atoms. The number of esters is 1. The zero-order valence-electron chi connectivity index (χ0n) is 10.5. The minimum atomic E-state index is -0.200. The summed E-state index contributed by atoms with van der Waals surface area (Å²) in [6, 6.07) is 7.12. The van der Waals surface area contributed by atoms with Crippen LogP contribution in [0.2, 0.25) is 0 Å². The van der Waals surface area contributed by atoms with E-state index in [0.717, 1.165) is 24.8 Å². The molecule has 0 saturated heterocycles. The maximum Gasteiger partial charge on any atom is 0.306 e. The monoisotopic (exact) mass is 236 g/mol. The number of phenolic OH excluding ortho intramolecular Hbond substituents is 1. The summed E-state index contributed by atoms with van der Waals surface area (Å²) < 4.78 is 4.71. The van der Waals surface area contributed by atoms with Crippen LogP contribution in [0.15, 0.2) is 24.3 Å². The van der Waals surface area contributed by atoms with Crippen LogP contribution < -0.4 is 0 Å². The van der Waals surface area contributed by atoms with Gasteiger partial charge in [-0.2, -0.15) is 0 Å². The Labute approximate surface area is 102 Å². The van der Waals surface area contributed by atoms with Crippen LogP contribution in [0.1, 0.15) is 44.1 Å². The molecule has 0 amide bonds. The van der Waals surface area contributed by atoms with Gasteiger partial charge in [-0.25, -0.2) is 0 Å². The molecule has 17 heavy (non-hydrogen) atoms. The predicted molar refractivity (Wildman–Crippen MR) is 67.0 cm³/mol. The van der Waals surface area contributed by atoms with E-state index >= 15 is 0 Å². The third-order valence-corrected chi connectivity index (χ3v) is 2.89. The molecule has 3 heteroatoms. The van der Waals surface area contributed by atoms with E-state index in [-0.39, 0.29) is 17.6 Å². The zero-order chi connectivity index (χ0) is 12.7. The Morgan fingerprint density at radius 2 is 2.24 bits per heavy atom. The first kappa shape index (κ1) is 13.6. The van der Waals surface area contributed by atoms with Crippen molar-refractivity contribution in [1.82, 2.24) is 0 Å². The Hall–Kier alpha value is -1.51. The van der Waals surface area contributed by atoms with E-state index in [0.29, 0.717) is 6.42 Å². The number of phenols is 1. The van der Waals surface area contributed by atoms with E-state index in [2.05, 4.69) is 6.92 Å². The van der Waals surface area contributed by atoms with Gasteiger partial charge < -0.3 is 9.84 Å². The number of carbonyl (C=O) groups excluding carboxylic acids is 1. The highest BCUT2D eigenvalue weighted by Crippen LogP contribution is 2.28. The molecule has 1 atom stereocenters. The minimum Gasteiger partial charge on any atom is -0.508 e. The maximum atomic E-state index is 11.4. The van der Waals surface area contributed by atoms with Crippen molar-refractivity contribution in [1.29, 1.82) is 0 Å². The van der Waals surface area contributed by atoms with E-state index in [9.17, 15) is 9.90 Å². The molecule has 0 aliphatic carbocycles. The number of methoxy groups -OCH3 is 1. The molecular weight excluding hydrogens is 216 g/mol. The van der Waals surface area contributed by atoms with Gasteiger partial charge >= 0.3 is 5.97 Å². The summed E-state index contributed by atoms with van der Waals surface area (Å²) in [4.78, 5) is 11.4. The highest BCUT2D eigenvalue weighted by Gasteiger charge is 2.16. The fraction of sp³-hybridized carbons (Fsp3) is 0.500. The fourth-order valence-corrected chi connectivity index (χ4v) is 1.90. The lowest BCUT2D eigenvalue weighted by Crippen LogP contribution is -2.08. The Bertz CT molecular complexity index is 360. The molecule has 1 N–H and O–H groups in total. The minimum absolute atomic E-state index is 0.134. The first-order valence-electron chi connectivity index (χ1n) is 6.03. The van der Waals surface area contributed by atoms with E-state index in [4.69, 9.17) is 4.74 Å². The van der Waals surface area contributed by atoms with E-state index < -0.39 is 0 Å². The van der Waals surface area contributed by atoms with Gasteiger partial charge in [-0.15, -0.1) is 0 Å². The molecule has 0 aliphatic heterocycles. The van der Waals surface area contributed by atoms with Crippen molar-refractivity contribution in [2.45, 2.75) is 38.5 Å². The summed E-state index contributed by atoms with van der Waals surface area (Å²) in [5.41, 5.74) is 1.00. The molecule has 0 saturated carbocycles. The number of aromatic hydroxyl groups is 1. The van der Waals surface area contributed by atoms with E-state index in [1.54, 1.807) is 18.2 Å². The normalized spacial score (nSPS) is 12.1. The third-order valence-electron chi connectivity index (χ3n) is 2.89. The number of rotatable bonds is 6. The van der Waals surface area contributed by atoms with Crippen molar-refractivity contribution in [3.05, 3.63) is 29.8 Å². The average molecular weight is 236 g/mol. The van der Waals surface area contributed by atoms with E-state index in [1.807, 2.05) is 6.07 Å². The molecule has 0 bridgehead atoms. The largest absolute Gasteiger partial charge is 0.508 e. The third kappa shape index (κ3) is 4.47.